The summed E-state index contributed by atoms with van der Waals surface area (Å²) in [6, 6.07) is 0. The van der Waals surface area contributed by atoms with Crippen molar-refractivity contribution in [3.05, 3.63) is 11.1 Å². The summed E-state index contributed by atoms with van der Waals surface area (Å²) in [7, 11) is 0. The molecule has 0 spiro atoms. The highest BCUT2D eigenvalue weighted by molar-refractivity contribution is 9.09. The molecule has 0 aliphatic rings. The van der Waals surface area contributed by atoms with Gasteiger partial charge < -0.3 is 5.11 Å². The molecule has 0 fully saturated rings. The summed E-state index contributed by atoms with van der Waals surface area (Å²) in [5.74, 6) is -1.55. The third-order valence-electron chi connectivity index (χ3n) is 1.25. The minimum absolute atomic E-state index is 0.505. The third-order valence-corrected chi connectivity index (χ3v) is 1.81. The molecule has 0 atom stereocenters. The minimum Gasteiger partial charge on any atom is -0.478 e. The van der Waals surface area contributed by atoms with E-state index in [1.165, 1.54) is 0 Å². The van der Waals surface area contributed by atoms with Crippen LogP contribution in [-0.2, 0) is 4.79 Å². The molecule has 1 N–H and O–H groups in total. The van der Waals surface area contributed by atoms with Gasteiger partial charge in [0.1, 0.15) is 0 Å². The fourth-order valence-electron chi connectivity index (χ4n) is 0.518. The van der Waals surface area contributed by atoms with Crippen molar-refractivity contribution in [2.24, 2.45) is 0 Å². The van der Waals surface area contributed by atoms with Crippen LogP contribution in [0, 0.1) is 0 Å². The molecule has 0 bridgehead atoms. The third kappa shape index (κ3) is 2.84. The minimum atomic E-state index is -4.58. The first-order valence-corrected chi connectivity index (χ1v) is 3.99. The maximum Gasteiger partial charge on any atom is 0.414 e. The number of carboxylic acid groups (broad SMARTS) is 1. The van der Waals surface area contributed by atoms with Gasteiger partial charge >= 0.3 is 12.1 Å². The monoisotopic (exact) mass is 246 g/mol. The number of carbonyl (C=O) groups is 1. The second kappa shape index (κ2) is 3.93. The van der Waals surface area contributed by atoms with Crippen molar-refractivity contribution < 1.29 is 23.1 Å². The maximum atomic E-state index is 12.0. The summed E-state index contributed by atoms with van der Waals surface area (Å²) >= 11 is 2.58. The molecule has 2 nitrogen and oxygen atoms in total. The van der Waals surface area contributed by atoms with Crippen LogP contribution in [0.3, 0.4) is 0 Å². The predicted octanol–water partition coefficient (Wildman–Crippen LogP) is 2.34. The predicted molar refractivity (Wildman–Crippen MR) is 40.2 cm³/mol. The van der Waals surface area contributed by atoms with E-state index in [4.69, 9.17) is 5.11 Å². The summed E-state index contributed by atoms with van der Waals surface area (Å²) in [6.45, 7) is 0.923. The molecule has 0 amide bonds. The topological polar surface area (TPSA) is 37.3 Å². The molecular weight excluding hydrogens is 241 g/mol. The number of alkyl halides is 4. The molecule has 6 heteroatoms. The Balaban J connectivity index is 5.01. The number of halogens is 4. The number of aliphatic carboxylic acids is 1. The highest BCUT2D eigenvalue weighted by atomic mass is 79.9. The van der Waals surface area contributed by atoms with E-state index in [0.29, 0.717) is 0 Å². The fourth-order valence-corrected chi connectivity index (χ4v) is 1.26. The molecule has 70 valence electrons. The van der Waals surface area contributed by atoms with Crippen molar-refractivity contribution in [3.63, 3.8) is 0 Å². The van der Waals surface area contributed by atoms with Crippen LogP contribution < -0.4 is 0 Å². The van der Waals surface area contributed by atoms with Crippen molar-refractivity contribution in [2.45, 2.75) is 13.1 Å². The largest absolute Gasteiger partial charge is 0.478 e. The van der Waals surface area contributed by atoms with Crippen LogP contribution >= 0.6 is 15.9 Å². The van der Waals surface area contributed by atoms with E-state index in [1.54, 1.807) is 0 Å². The zero-order valence-electron chi connectivity index (χ0n) is 6.07. The van der Waals surface area contributed by atoms with Gasteiger partial charge in [0, 0.05) is 10.9 Å². The highest BCUT2D eigenvalue weighted by Crippen LogP contribution is 2.29. The molecule has 0 aromatic heterocycles. The molecule has 12 heavy (non-hydrogen) atoms. The van der Waals surface area contributed by atoms with E-state index in [-0.39, 0.29) is 0 Å². The van der Waals surface area contributed by atoms with E-state index in [1.807, 2.05) is 0 Å². The molecule has 0 rings (SSSR count). The molecule has 0 saturated carbocycles. The van der Waals surface area contributed by atoms with Gasteiger partial charge in [-0.1, -0.05) is 15.9 Å². The first-order chi connectivity index (χ1) is 5.30. The summed E-state index contributed by atoms with van der Waals surface area (Å²) < 4.78 is 35.9. The van der Waals surface area contributed by atoms with Gasteiger partial charge in [-0.15, -0.1) is 0 Å². The Morgan fingerprint density at radius 1 is 1.50 bits per heavy atom. The lowest BCUT2D eigenvalue weighted by molar-refractivity contribution is -0.134. The second-order valence-corrected chi connectivity index (χ2v) is 2.60. The number of hydrogen-bond donors (Lipinski definition) is 1. The van der Waals surface area contributed by atoms with Crippen molar-refractivity contribution in [2.75, 3.05) is 5.33 Å². The van der Waals surface area contributed by atoms with Crippen LogP contribution in [0.15, 0.2) is 11.1 Å². The summed E-state index contributed by atoms with van der Waals surface area (Å²) in [5.41, 5.74) is -1.74. The van der Waals surface area contributed by atoms with Gasteiger partial charge in [-0.3, -0.25) is 0 Å². The Kier molecular flexibility index (Phi) is 3.76. The molecule has 0 aliphatic heterocycles. The Bertz CT molecular complexity index is 219. The number of rotatable bonds is 2. The van der Waals surface area contributed by atoms with Gasteiger partial charge in [0.05, 0.1) is 5.57 Å². The lowest BCUT2D eigenvalue weighted by atomic mass is 10.1. The highest BCUT2D eigenvalue weighted by Gasteiger charge is 2.35. The molecule has 0 unspecified atom stereocenters. The maximum absolute atomic E-state index is 12.0. The van der Waals surface area contributed by atoms with E-state index in [9.17, 15) is 18.0 Å². The summed E-state index contributed by atoms with van der Waals surface area (Å²) in [4.78, 5) is 10.2. The molecule has 0 saturated heterocycles. The molecule has 0 heterocycles. The Labute approximate surface area is 75.2 Å². The zero-order valence-corrected chi connectivity index (χ0v) is 7.66. The van der Waals surface area contributed by atoms with Gasteiger partial charge in [-0.25, -0.2) is 4.79 Å². The Morgan fingerprint density at radius 3 is 2.00 bits per heavy atom. The van der Waals surface area contributed by atoms with Crippen LogP contribution in [0.2, 0.25) is 0 Å². The van der Waals surface area contributed by atoms with Gasteiger partial charge in [0.25, 0.3) is 0 Å². The number of allylic oxidation sites excluding steroid dienone is 1. The Hall–Kier alpha value is -0.520. The van der Waals surface area contributed by atoms with Gasteiger partial charge in [0.2, 0.25) is 0 Å². The van der Waals surface area contributed by atoms with Crippen LogP contribution in [0.4, 0.5) is 13.2 Å². The quantitative estimate of drug-likeness (QED) is 0.600. The van der Waals surface area contributed by atoms with Crippen molar-refractivity contribution in [3.8, 4) is 0 Å². The summed E-state index contributed by atoms with van der Waals surface area (Å²) in [6.07, 6.45) is -4.58. The normalized spacial score (nSPS) is 14.1. The van der Waals surface area contributed by atoms with Gasteiger partial charge in [0.15, 0.2) is 0 Å². The second-order valence-electron chi connectivity index (χ2n) is 2.04. The van der Waals surface area contributed by atoms with Crippen molar-refractivity contribution in [1.29, 1.82) is 0 Å². The molecular formula is C6H6BrF3O2. The van der Waals surface area contributed by atoms with E-state index in [2.05, 4.69) is 15.9 Å². The van der Waals surface area contributed by atoms with Gasteiger partial charge in [-0.05, 0) is 6.92 Å². The van der Waals surface area contributed by atoms with E-state index >= 15 is 0 Å². The first-order valence-electron chi connectivity index (χ1n) is 2.87. The number of hydrogen-bond acceptors (Lipinski definition) is 1. The van der Waals surface area contributed by atoms with Crippen LogP contribution in [0.1, 0.15) is 6.92 Å². The van der Waals surface area contributed by atoms with Crippen molar-refractivity contribution in [1.82, 2.24) is 0 Å². The Morgan fingerprint density at radius 2 is 1.92 bits per heavy atom. The fraction of sp³-hybridized carbons (Fsp3) is 0.500. The number of carboxylic acids is 1. The molecule has 0 aromatic rings. The molecule has 0 aromatic carbocycles. The van der Waals surface area contributed by atoms with E-state index < -0.39 is 28.6 Å². The summed E-state index contributed by atoms with van der Waals surface area (Å²) in [5, 5.41) is 7.76. The smallest absolute Gasteiger partial charge is 0.414 e. The zero-order chi connectivity index (χ0) is 9.94. The average Bonchev–Trinajstić information content (AvgIpc) is 1.85. The van der Waals surface area contributed by atoms with Crippen LogP contribution in [0.5, 0.6) is 0 Å². The average molecular weight is 247 g/mol. The van der Waals surface area contributed by atoms with Gasteiger partial charge in [-0.2, -0.15) is 13.2 Å². The lowest BCUT2D eigenvalue weighted by Gasteiger charge is -2.10. The van der Waals surface area contributed by atoms with Crippen molar-refractivity contribution >= 4 is 21.9 Å². The lowest BCUT2D eigenvalue weighted by Crippen LogP contribution is -2.17. The van der Waals surface area contributed by atoms with E-state index in [0.717, 1.165) is 6.92 Å². The van der Waals surface area contributed by atoms with Crippen LogP contribution in [-0.4, -0.2) is 22.6 Å². The first kappa shape index (κ1) is 11.5. The molecule has 0 aliphatic carbocycles. The standard InChI is InChI=1S/C6H6BrF3O2/c1-3(5(11)12)4(2-7)6(8,9)10/h2H2,1H3,(H,11,12)/b4-3-. The molecule has 0 radical (unpaired) electrons. The van der Waals surface area contributed by atoms with Crippen LogP contribution in [0.25, 0.3) is 0 Å². The SMILES string of the molecule is C/C(C(=O)O)=C(\CBr)C(F)(F)F.